The van der Waals surface area contributed by atoms with Gasteiger partial charge < -0.3 is 103 Å². The van der Waals surface area contributed by atoms with Crippen molar-refractivity contribution < 1.29 is 63.0 Å². The van der Waals surface area contributed by atoms with E-state index in [0.29, 0.717) is 31.2 Å². The average Bonchev–Trinajstić information content (AvgIpc) is 2.54. The third kappa shape index (κ3) is 30.4. The molecule has 1 fully saturated rings. The lowest BCUT2D eigenvalue weighted by atomic mass is 10.0. The van der Waals surface area contributed by atoms with E-state index in [9.17, 15) is 63.0 Å². The van der Waals surface area contributed by atoms with Gasteiger partial charge in [-0.3, -0.25) is 52.7 Å². The van der Waals surface area contributed by atoms with Crippen LogP contribution in [0.4, 0.5) is 0 Å². The van der Waals surface area contributed by atoms with Crippen LogP contribution in [-0.4, -0.2) is 193 Å². The Balaban J connectivity index is 2.68. The molecule has 1 heterocycles. The predicted octanol–water partition coefficient (Wildman–Crippen LogP) is -4.07. The van der Waals surface area contributed by atoms with Crippen LogP contribution in [0.15, 0.2) is 30.3 Å². The van der Waals surface area contributed by atoms with Crippen LogP contribution in [0, 0.1) is 0 Å². The van der Waals surface area contributed by atoms with Crippen molar-refractivity contribution in [3.63, 3.8) is 0 Å². The van der Waals surface area contributed by atoms with E-state index in [1.54, 1.807) is 30.3 Å². The molecule has 30 nitrogen and oxygen atoms in total. The number of unbranched alkanes of at least 4 members (excludes halogenated alkanes) is 10. The van der Waals surface area contributed by atoms with E-state index in [-0.39, 0.29) is 77.7 Å². The molecule has 1 saturated heterocycles. The number of aliphatic hydroxyl groups is 2. The van der Waals surface area contributed by atoms with Crippen LogP contribution in [0.5, 0.6) is 0 Å². The van der Waals surface area contributed by atoms with Crippen LogP contribution in [0.1, 0.15) is 162 Å². The largest absolute Gasteiger partial charge is 0.391 e. The van der Waals surface area contributed by atoms with E-state index in [4.69, 9.17) is 34.4 Å². The molecule has 1 aromatic carbocycles. The second-order valence-electron chi connectivity index (χ2n) is 23.3. The summed E-state index contributed by atoms with van der Waals surface area (Å²) in [4.78, 5) is 155. The number of nitrogens with two attached hydrogens (primary N) is 6. The maximum Gasteiger partial charge on any atom is 0.245 e. The quantitative estimate of drug-likeness (QED) is 0.0284. The molecule has 0 radical (unpaired) electrons. The maximum absolute atomic E-state index is 14.6. The lowest BCUT2D eigenvalue weighted by molar-refractivity contribution is -0.137. The van der Waals surface area contributed by atoms with Crippen molar-refractivity contribution in [1.29, 1.82) is 0 Å². The molecule has 0 saturated carbocycles. The van der Waals surface area contributed by atoms with Crippen molar-refractivity contribution in [3.05, 3.63) is 35.9 Å². The van der Waals surface area contributed by atoms with E-state index >= 15 is 0 Å². The minimum absolute atomic E-state index is 0.0663. The van der Waals surface area contributed by atoms with Gasteiger partial charge >= 0.3 is 0 Å². The third-order valence-electron chi connectivity index (χ3n) is 15.5. The minimum atomic E-state index is -1.74. The van der Waals surface area contributed by atoms with Crippen LogP contribution in [0.3, 0.4) is 0 Å². The Labute approximate surface area is 535 Å². The number of hydrogen-bond acceptors (Lipinski definition) is 19. The van der Waals surface area contributed by atoms with Gasteiger partial charge in [0.2, 0.25) is 65.0 Å². The van der Waals surface area contributed by atoms with Crippen molar-refractivity contribution in [2.24, 2.45) is 34.4 Å². The second-order valence-corrected chi connectivity index (χ2v) is 23.3. The number of aliphatic hydroxyl groups excluding tert-OH is 2. The molecule has 13 atom stereocenters. The molecular formula is C61H109N17O13. The third-order valence-corrected chi connectivity index (χ3v) is 15.5. The van der Waals surface area contributed by atoms with Crippen molar-refractivity contribution >= 4 is 65.0 Å². The first-order valence-electron chi connectivity index (χ1n) is 32.5. The SMILES string of the molecule is CCCCCCCC[C@@H]1NC(=O)[C@@H](Cc2ccccc2)NC(=O)[C@H](CCN)NC(=O)[C@@H](NC(=O)[C@H](CCN)NC(=O)[C@@H](NC(=O)[C@H](CCN)NC(=O)[C@@H](N)CCCCCCCC)[C@@H](C)O)CCNC(=O)[C@H]([C@@H](C)O)NC(=O)[C@H](CCN)NC(=O)[C@H](CCN)NC1=O. The fraction of sp³-hybridized carbons (Fsp3) is 0.721. The number of carbonyl (C=O) groups excluding carboxylic acids is 11. The molecular weight excluding hydrogens is 1180 g/mol. The lowest BCUT2D eigenvalue weighted by Crippen LogP contribution is -2.62. The standard InChI is InChI=1S/C61H109N17O13/c1-5-7-9-11-13-18-22-40(67)51(81)69-45(27-33-65)57(87)78-50(38(4)80)61(91)75-44(26-32-64)54(84)74-47-29-35-68-60(90)49(37(3)79)77-58(88)46(28-34-66)73-53(83)42(24-30-62)71-52(82)41(23-19-14-12-10-8-6-2)70-59(89)48(36-39-20-16-15-17-21-39)76-55(85)43(25-31-63)72-56(47)86/h15-17,20-21,37-38,40-50,79-80H,5-14,18-19,22-36,62-67H2,1-4H3,(H,68,90)(H,69,81)(H,70,89)(H,71,82)(H,72,86)(H,73,83)(H,74,84)(H,75,91)(H,76,85)(H,77,88)(H,78,87)/t37-,38-,40+,41+,42+,43+,44+,45+,46+,47+,48-,49+,50+/m1/s1. The minimum Gasteiger partial charge on any atom is -0.391 e. The first kappa shape index (κ1) is 80.2. The summed E-state index contributed by atoms with van der Waals surface area (Å²) in [6.07, 6.45) is 6.54. The van der Waals surface area contributed by atoms with Crippen LogP contribution >= 0.6 is 0 Å². The Morgan fingerprint density at radius 3 is 1.43 bits per heavy atom. The van der Waals surface area contributed by atoms with Gasteiger partial charge in [-0.2, -0.15) is 0 Å². The van der Waals surface area contributed by atoms with Crippen LogP contribution < -0.4 is 92.9 Å². The molecule has 30 heteroatoms. The molecule has 2 rings (SSSR count). The van der Waals surface area contributed by atoms with E-state index in [1.165, 1.54) is 13.8 Å². The van der Waals surface area contributed by atoms with Crippen molar-refractivity contribution in [3.8, 4) is 0 Å². The zero-order valence-corrected chi connectivity index (χ0v) is 53.8. The van der Waals surface area contributed by atoms with Gasteiger partial charge in [0.25, 0.3) is 0 Å². The molecule has 1 aromatic rings. The molecule has 0 aromatic heterocycles. The second kappa shape index (κ2) is 45.4. The highest BCUT2D eigenvalue weighted by Crippen LogP contribution is 2.14. The molecule has 11 amide bonds. The lowest BCUT2D eigenvalue weighted by Gasteiger charge is -2.29. The molecule has 91 heavy (non-hydrogen) atoms. The Morgan fingerprint density at radius 1 is 0.495 bits per heavy atom. The van der Waals surface area contributed by atoms with Gasteiger partial charge in [0.1, 0.15) is 60.4 Å². The van der Waals surface area contributed by atoms with Crippen molar-refractivity contribution in [1.82, 2.24) is 58.5 Å². The fourth-order valence-electron chi connectivity index (χ4n) is 10.1. The topological polar surface area (TPSA) is 517 Å². The number of carbonyl (C=O) groups is 11. The van der Waals surface area contributed by atoms with Crippen LogP contribution in [0.2, 0.25) is 0 Å². The summed E-state index contributed by atoms with van der Waals surface area (Å²) in [7, 11) is 0. The molecule has 1 aliphatic heterocycles. The van der Waals surface area contributed by atoms with E-state index < -0.39 is 157 Å². The first-order valence-corrected chi connectivity index (χ1v) is 32.5. The van der Waals surface area contributed by atoms with Gasteiger partial charge in [-0.1, -0.05) is 121 Å². The highest BCUT2D eigenvalue weighted by Gasteiger charge is 2.38. The Kier molecular flexibility index (Phi) is 40.0. The van der Waals surface area contributed by atoms with Crippen molar-refractivity contribution in [2.75, 3.05) is 39.3 Å². The summed E-state index contributed by atoms with van der Waals surface area (Å²) in [6, 6.07) is -7.26. The summed E-state index contributed by atoms with van der Waals surface area (Å²) in [6.45, 7) is 5.35. The number of nitrogens with one attached hydrogen (secondary N) is 11. The summed E-state index contributed by atoms with van der Waals surface area (Å²) in [5.74, 6) is -9.95. The normalized spacial score (nSPS) is 22.1. The monoisotopic (exact) mass is 1290 g/mol. The molecule has 516 valence electrons. The van der Waals surface area contributed by atoms with Gasteiger partial charge in [0.05, 0.1) is 18.2 Å². The zero-order valence-electron chi connectivity index (χ0n) is 53.8. The Bertz CT molecular complexity index is 2410. The Morgan fingerprint density at radius 2 is 0.934 bits per heavy atom. The average molecular weight is 1290 g/mol. The smallest absolute Gasteiger partial charge is 0.245 e. The zero-order chi connectivity index (χ0) is 67.8. The number of benzene rings is 1. The summed E-state index contributed by atoms with van der Waals surface area (Å²) >= 11 is 0. The highest BCUT2D eigenvalue weighted by atomic mass is 16.3. The molecule has 25 N–H and O–H groups in total. The summed E-state index contributed by atoms with van der Waals surface area (Å²) in [5.41, 5.74) is 36.3. The number of amides is 11. The van der Waals surface area contributed by atoms with Gasteiger partial charge in [-0.05, 0) is 104 Å². The van der Waals surface area contributed by atoms with Gasteiger partial charge in [-0.25, -0.2) is 0 Å². The molecule has 0 aliphatic carbocycles. The van der Waals surface area contributed by atoms with E-state index in [2.05, 4.69) is 72.3 Å². The van der Waals surface area contributed by atoms with E-state index in [1.807, 2.05) is 0 Å². The van der Waals surface area contributed by atoms with Crippen molar-refractivity contribution in [2.45, 2.75) is 241 Å². The highest BCUT2D eigenvalue weighted by molar-refractivity contribution is 5.99. The Hall–Kier alpha value is -6.93. The summed E-state index contributed by atoms with van der Waals surface area (Å²) < 4.78 is 0. The maximum atomic E-state index is 14.6. The molecule has 0 spiro atoms. The molecule has 0 bridgehead atoms. The number of hydrogen-bond donors (Lipinski definition) is 19. The summed E-state index contributed by atoms with van der Waals surface area (Å²) in [5, 5.41) is 50.0. The fourth-order valence-corrected chi connectivity index (χ4v) is 10.1. The molecule has 1 aliphatic rings. The van der Waals surface area contributed by atoms with Gasteiger partial charge in [0, 0.05) is 13.0 Å². The van der Waals surface area contributed by atoms with Gasteiger partial charge in [0.15, 0.2) is 0 Å². The van der Waals surface area contributed by atoms with E-state index in [0.717, 1.165) is 57.8 Å². The van der Waals surface area contributed by atoms with Crippen LogP contribution in [-0.2, 0) is 59.2 Å². The predicted molar refractivity (Wildman–Crippen MR) is 343 cm³/mol. The van der Waals surface area contributed by atoms with Gasteiger partial charge in [-0.15, -0.1) is 0 Å². The van der Waals surface area contributed by atoms with Crippen LogP contribution in [0.25, 0.3) is 0 Å². The first-order chi connectivity index (χ1) is 43.5. The molecule has 0 unspecified atom stereocenters. The number of rotatable bonds is 36.